The Morgan fingerprint density at radius 3 is 2.56 bits per heavy atom. The van der Waals surface area contributed by atoms with Crippen LogP contribution in [0.25, 0.3) is 17.0 Å². The molecule has 2 unspecified atom stereocenters. The number of carbonyl (C=O) groups is 4. The Hall–Kier alpha value is -4.96. The van der Waals surface area contributed by atoms with Crippen LogP contribution in [0.5, 0.6) is 0 Å². The molecule has 0 saturated carbocycles. The van der Waals surface area contributed by atoms with Crippen LogP contribution >= 0.6 is 0 Å². The Bertz CT molecular complexity index is 1990. The Morgan fingerprint density at radius 1 is 1.04 bits per heavy atom. The molecule has 10 nitrogen and oxygen atoms in total. The van der Waals surface area contributed by atoms with Gasteiger partial charge in [-0.3, -0.25) is 19.2 Å². The molecule has 0 bridgehead atoms. The average molecular weight is 734 g/mol. The zero-order valence-corrected chi connectivity index (χ0v) is 32.2. The number of benzene rings is 2. The van der Waals surface area contributed by atoms with Crippen molar-refractivity contribution in [1.29, 1.82) is 0 Å². The Labute approximate surface area is 318 Å². The van der Waals surface area contributed by atoms with E-state index < -0.39 is 41.3 Å². The molecule has 286 valence electrons. The largest absolute Gasteiger partial charge is 0.391 e. The third-order valence-electron chi connectivity index (χ3n) is 11.8. The Balaban J connectivity index is 1.22. The van der Waals surface area contributed by atoms with Crippen LogP contribution in [0.15, 0.2) is 84.2 Å². The van der Waals surface area contributed by atoms with E-state index in [4.69, 9.17) is 0 Å². The van der Waals surface area contributed by atoms with E-state index in [1.807, 2.05) is 37.4 Å². The first-order valence-corrected chi connectivity index (χ1v) is 19.4. The van der Waals surface area contributed by atoms with Crippen LogP contribution in [0.4, 0.5) is 5.69 Å². The van der Waals surface area contributed by atoms with Gasteiger partial charge in [-0.25, -0.2) is 0 Å². The predicted octanol–water partition coefficient (Wildman–Crippen LogP) is 6.66. The number of ketones is 1. The number of carbonyl (C=O) groups excluding carboxylic acids is 4. The molecule has 1 aliphatic heterocycles. The number of rotatable bonds is 9. The Kier molecular flexibility index (Phi) is 11.6. The number of H-pyrrole nitrogens is 1. The lowest BCUT2D eigenvalue weighted by Gasteiger charge is -2.45. The van der Waals surface area contributed by atoms with E-state index in [2.05, 4.69) is 66.1 Å². The third kappa shape index (κ3) is 7.67. The lowest BCUT2D eigenvalue weighted by atomic mass is 9.54. The molecule has 2 heterocycles. The summed E-state index contributed by atoms with van der Waals surface area (Å²) >= 11 is 0. The maximum atomic E-state index is 15.0. The number of hydrogen-bond donors (Lipinski definition) is 6. The fourth-order valence-electron chi connectivity index (χ4n) is 8.95. The average Bonchev–Trinajstić information content (AvgIpc) is 3.67. The molecule has 3 aromatic rings. The maximum absolute atomic E-state index is 15.0. The highest BCUT2D eigenvalue weighted by Gasteiger charge is 2.65. The van der Waals surface area contributed by atoms with Gasteiger partial charge in [-0.2, -0.15) is 0 Å². The van der Waals surface area contributed by atoms with Gasteiger partial charge in [0, 0.05) is 58.8 Å². The van der Waals surface area contributed by atoms with Crippen LogP contribution in [0.3, 0.4) is 0 Å². The summed E-state index contributed by atoms with van der Waals surface area (Å²) in [5, 5.41) is 24.9. The summed E-state index contributed by atoms with van der Waals surface area (Å²) in [7, 11) is 0. The van der Waals surface area contributed by atoms with Gasteiger partial charge in [0.25, 0.3) is 5.91 Å². The van der Waals surface area contributed by atoms with E-state index in [0.29, 0.717) is 24.4 Å². The van der Waals surface area contributed by atoms with Crippen LogP contribution in [-0.2, 0) is 14.4 Å². The van der Waals surface area contributed by atoms with E-state index in [1.54, 1.807) is 43.5 Å². The van der Waals surface area contributed by atoms with E-state index in [9.17, 15) is 24.3 Å². The van der Waals surface area contributed by atoms with E-state index in [0.717, 1.165) is 34.9 Å². The topological polar surface area (TPSA) is 152 Å². The number of anilines is 1. The molecule has 3 amide bonds. The van der Waals surface area contributed by atoms with Crippen molar-refractivity contribution < 1.29 is 24.3 Å². The second-order valence-corrected chi connectivity index (χ2v) is 16.1. The van der Waals surface area contributed by atoms with E-state index in [-0.39, 0.29) is 41.6 Å². The minimum Gasteiger partial charge on any atom is -0.391 e. The van der Waals surface area contributed by atoms with Gasteiger partial charge in [-0.15, -0.1) is 0 Å². The number of Topliss-reactive ketones (excluding diaryl/α,β-unsaturated/α-hetero) is 1. The van der Waals surface area contributed by atoms with Crippen molar-refractivity contribution in [3.05, 3.63) is 95.4 Å². The van der Waals surface area contributed by atoms with Gasteiger partial charge >= 0.3 is 0 Å². The molecule has 0 radical (unpaired) electrons. The lowest BCUT2D eigenvalue weighted by molar-refractivity contribution is -0.145. The third-order valence-corrected chi connectivity index (χ3v) is 11.8. The summed E-state index contributed by atoms with van der Waals surface area (Å²) in [4.78, 5) is 59.2. The summed E-state index contributed by atoms with van der Waals surface area (Å²) in [6.45, 7) is 12.1. The van der Waals surface area contributed by atoms with Gasteiger partial charge in [-0.1, -0.05) is 74.4 Å². The molecule has 1 saturated heterocycles. The molecule has 6 N–H and O–H groups in total. The van der Waals surface area contributed by atoms with Crippen LogP contribution in [0.2, 0.25) is 0 Å². The molecule has 1 spiro atoms. The van der Waals surface area contributed by atoms with Crippen molar-refractivity contribution in [3.8, 4) is 0 Å². The molecule has 2 aromatic carbocycles. The van der Waals surface area contributed by atoms with Gasteiger partial charge in [0.05, 0.1) is 17.7 Å². The molecule has 1 fully saturated rings. The van der Waals surface area contributed by atoms with Crippen LogP contribution in [-0.4, -0.2) is 57.8 Å². The molecule has 10 heteroatoms. The van der Waals surface area contributed by atoms with Crippen LogP contribution in [0, 0.1) is 29.1 Å². The van der Waals surface area contributed by atoms with Crippen LogP contribution in [0.1, 0.15) is 89.6 Å². The molecule has 2 aliphatic carbocycles. The van der Waals surface area contributed by atoms with Crippen molar-refractivity contribution in [1.82, 2.24) is 20.9 Å². The van der Waals surface area contributed by atoms with Crippen LogP contribution < -0.4 is 21.3 Å². The van der Waals surface area contributed by atoms with E-state index >= 15 is 0 Å². The fourth-order valence-corrected chi connectivity index (χ4v) is 8.95. The molecule has 8 atom stereocenters. The van der Waals surface area contributed by atoms with Crippen molar-refractivity contribution in [2.75, 3.05) is 5.32 Å². The van der Waals surface area contributed by atoms with Crippen molar-refractivity contribution in [2.45, 2.75) is 97.9 Å². The van der Waals surface area contributed by atoms with Crippen molar-refractivity contribution in [3.63, 3.8) is 0 Å². The maximum Gasteiger partial charge on any atom is 0.254 e. The quantitative estimate of drug-likeness (QED) is 0.107. The number of amides is 3. The summed E-state index contributed by atoms with van der Waals surface area (Å²) in [5.74, 6) is -1.61. The van der Waals surface area contributed by atoms with Gasteiger partial charge < -0.3 is 31.4 Å². The standard InChI is InChI=1S/C44H55N5O5/c1-25(2)20-37-40-28(5)27(4)22-31-21-26(3)12-11-17-38(50)36(23-39(51)44(31,40)43(54)49-37)48-35-16-10-8-14-33(35)42(53)47-29(6)41(52)45-19-18-30-24-46-34-15-9-7-13-32(30)34/h7-10,13-16,18-19,21-22,24-25,28-29,31,36-38,40,46,48,50H,11-12,17,20,23H2,1-6H3,(H,45,52)(H,47,53)(H,49,54)/b19-18+,26-21+/t28-,29+,31+,36?,37+,38?,40+,44-/m1/s1. The van der Waals surface area contributed by atoms with E-state index in [1.165, 1.54) is 5.57 Å². The zero-order valence-electron chi connectivity index (χ0n) is 32.2. The number of aromatic amines is 1. The smallest absolute Gasteiger partial charge is 0.254 e. The highest BCUT2D eigenvalue weighted by molar-refractivity contribution is 6.10. The highest BCUT2D eigenvalue weighted by Crippen LogP contribution is 2.55. The molecule has 6 rings (SSSR count). The van der Waals surface area contributed by atoms with Gasteiger partial charge in [0.2, 0.25) is 11.8 Å². The SMILES string of the molecule is CC1=C[C@@H]2/C=C(\C)CCCC(O)C(Nc3ccccc3C(=O)N[C@@H](C)C(=O)N/C=C/c3c[nH]c4ccccc34)CC(=O)[C@]23C(=O)N[C@@H](CC(C)C)[C@@H]3[C@@H]1C. The fraction of sp³-hybridized carbons (Fsp3) is 0.455. The first-order chi connectivity index (χ1) is 25.8. The summed E-state index contributed by atoms with van der Waals surface area (Å²) in [5.41, 5.74) is 3.57. The molecular formula is C44H55N5O5. The van der Waals surface area contributed by atoms with Crippen molar-refractivity contribution >= 4 is 46.2 Å². The number of aliphatic hydroxyl groups is 1. The predicted molar refractivity (Wildman–Crippen MR) is 213 cm³/mol. The molecule has 3 aliphatic rings. The second-order valence-electron chi connectivity index (χ2n) is 16.1. The summed E-state index contributed by atoms with van der Waals surface area (Å²) in [6, 6.07) is 13.0. The first-order valence-electron chi connectivity index (χ1n) is 19.4. The Morgan fingerprint density at radius 2 is 1.78 bits per heavy atom. The first kappa shape index (κ1) is 38.8. The number of para-hydroxylation sites is 2. The number of allylic oxidation sites excluding steroid dienone is 4. The summed E-state index contributed by atoms with van der Waals surface area (Å²) < 4.78 is 0. The number of nitrogens with one attached hydrogen (secondary N) is 5. The minimum absolute atomic E-state index is 0.00990. The number of aliphatic hydroxyl groups excluding tert-OH is 1. The number of hydrogen-bond acceptors (Lipinski definition) is 6. The molecule has 54 heavy (non-hydrogen) atoms. The number of fused-ring (bicyclic) bond motifs is 1. The van der Waals surface area contributed by atoms with Gasteiger partial charge in [0.15, 0.2) is 5.78 Å². The molecular weight excluding hydrogens is 679 g/mol. The lowest BCUT2D eigenvalue weighted by Crippen LogP contribution is -2.54. The number of aromatic nitrogens is 1. The summed E-state index contributed by atoms with van der Waals surface area (Å²) in [6.07, 6.45) is 11.1. The van der Waals surface area contributed by atoms with Gasteiger partial charge in [-0.05, 0) is 82.6 Å². The zero-order chi connectivity index (χ0) is 38.7. The van der Waals surface area contributed by atoms with Gasteiger partial charge in [0.1, 0.15) is 11.5 Å². The van der Waals surface area contributed by atoms with Crippen molar-refractivity contribution in [2.24, 2.45) is 29.1 Å². The molecule has 1 aromatic heterocycles. The highest BCUT2D eigenvalue weighted by atomic mass is 16.3. The monoisotopic (exact) mass is 733 g/mol. The second kappa shape index (κ2) is 16.2. The normalized spacial score (nSPS) is 29.0. The minimum atomic E-state index is -1.31.